The number of amides is 1. The van der Waals surface area contributed by atoms with Crippen LogP contribution in [0.5, 0.6) is 0 Å². The Morgan fingerprint density at radius 1 is 1.30 bits per heavy atom. The van der Waals surface area contributed by atoms with Crippen molar-refractivity contribution in [3.05, 3.63) is 0 Å². The molecule has 4 unspecified atom stereocenters. The number of fused-ring (bicyclic) bond motifs is 1. The van der Waals surface area contributed by atoms with Gasteiger partial charge in [0.25, 0.3) is 0 Å². The van der Waals surface area contributed by atoms with E-state index in [1.807, 2.05) is 11.9 Å². The van der Waals surface area contributed by atoms with E-state index in [4.69, 9.17) is 0 Å². The summed E-state index contributed by atoms with van der Waals surface area (Å²) < 4.78 is 0. The summed E-state index contributed by atoms with van der Waals surface area (Å²) >= 11 is 0. The summed E-state index contributed by atoms with van der Waals surface area (Å²) in [5.41, 5.74) is 0. The summed E-state index contributed by atoms with van der Waals surface area (Å²) in [6.07, 6.45) is 7.58. The Morgan fingerprint density at radius 2 is 2.10 bits per heavy atom. The fourth-order valence-electron chi connectivity index (χ4n) is 4.43. The van der Waals surface area contributed by atoms with Crippen molar-refractivity contribution in [2.24, 2.45) is 11.8 Å². The summed E-state index contributed by atoms with van der Waals surface area (Å²) in [7, 11) is 4.16. The normalized spacial score (nSPS) is 37.9. The van der Waals surface area contributed by atoms with Crippen LogP contribution in [0.15, 0.2) is 0 Å². The van der Waals surface area contributed by atoms with Gasteiger partial charge >= 0.3 is 0 Å². The van der Waals surface area contributed by atoms with E-state index in [2.05, 4.69) is 17.3 Å². The number of carbonyl (C=O) groups excluding carboxylic acids is 1. The second-order valence-electron chi connectivity index (χ2n) is 7.24. The smallest absolute Gasteiger partial charge is 0.239 e. The van der Waals surface area contributed by atoms with Crippen molar-refractivity contribution >= 4 is 5.91 Å². The highest BCUT2D eigenvalue weighted by Crippen LogP contribution is 2.33. The van der Waals surface area contributed by atoms with Crippen LogP contribution in [0.25, 0.3) is 0 Å². The van der Waals surface area contributed by atoms with Crippen LogP contribution in [0.2, 0.25) is 0 Å². The van der Waals surface area contributed by atoms with Gasteiger partial charge in [0, 0.05) is 26.2 Å². The molecular weight excluding hydrogens is 250 g/mol. The van der Waals surface area contributed by atoms with Gasteiger partial charge in [-0.05, 0) is 51.1 Å². The Balaban J connectivity index is 1.50. The average molecular weight is 279 g/mol. The molecule has 0 spiro atoms. The van der Waals surface area contributed by atoms with E-state index in [1.54, 1.807) is 0 Å². The van der Waals surface area contributed by atoms with E-state index in [0.29, 0.717) is 17.9 Å². The third-order valence-electron chi connectivity index (χ3n) is 5.56. The molecule has 0 bridgehead atoms. The molecule has 4 heteroatoms. The zero-order valence-electron chi connectivity index (χ0n) is 13.0. The molecule has 0 aromatic carbocycles. The van der Waals surface area contributed by atoms with Gasteiger partial charge < -0.3 is 15.1 Å². The van der Waals surface area contributed by atoms with Crippen LogP contribution in [-0.4, -0.2) is 61.5 Å². The highest BCUT2D eigenvalue weighted by Gasteiger charge is 2.39. The first-order chi connectivity index (χ1) is 9.63. The van der Waals surface area contributed by atoms with E-state index < -0.39 is 0 Å². The summed E-state index contributed by atoms with van der Waals surface area (Å²) in [4.78, 5) is 17.0. The van der Waals surface area contributed by atoms with Gasteiger partial charge in [-0.1, -0.05) is 12.8 Å². The van der Waals surface area contributed by atoms with Crippen LogP contribution in [0.3, 0.4) is 0 Å². The standard InChI is InChI=1S/C16H29N3O/c1-18-8-7-12(10-18)11-19(2)16(20)15-9-13-5-3-4-6-14(13)17-15/h12-15,17H,3-11H2,1-2H3. The Bertz CT molecular complexity index is 346. The number of hydrogen-bond donors (Lipinski definition) is 1. The molecule has 1 aliphatic carbocycles. The molecule has 0 radical (unpaired) electrons. The molecule has 1 amide bonds. The lowest BCUT2D eigenvalue weighted by Gasteiger charge is -2.25. The van der Waals surface area contributed by atoms with Crippen molar-refractivity contribution in [1.29, 1.82) is 0 Å². The number of likely N-dealkylation sites (tertiary alicyclic amines) is 1. The van der Waals surface area contributed by atoms with Crippen molar-refractivity contribution in [2.75, 3.05) is 33.7 Å². The van der Waals surface area contributed by atoms with Crippen molar-refractivity contribution in [1.82, 2.24) is 15.1 Å². The number of rotatable bonds is 3. The summed E-state index contributed by atoms with van der Waals surface area (Å²) in [5.74, 6) is 1.75. The maximum absolute atomic E-state index is 12.6. The maximum Gasteiger partial charge on any atom is 0.239 e. The fraction of sp³-hybridized carbons (Fsp3) is 0.938. The molecule has 3 aliphatic rings. The van der Waals surface area contributed by atoms with Gasteiger partial charge in [-0.25, -0.2) is 0 Å². The van der Waals surface area contributed by atoms with Crippen molar-refractivity contribution < 1.29 is 4.79 Å². The molecule has 0 aromatic heterocycles. The molecule has 2 saturated heterocycles. The molecule has 3 fully saturated rings. The van der Waals surface area contributed by atoms with Crippen LogP contribution < -0.4 is 5.32 Å². The predicted molar refractivity (Wildman–Crippen MR) is 80.5 cm³/mol. The first-order valence-corrected chi connectivity index (χ1v) is 8.33. The maximum atomic E-state index is 12.6. The third-order valence-corrected chi connectivity index (χ3v) is 5.56. The lowest BCUT2D eigenvalue weighted by atomic mass is 9.85. The highest BCUT2D eigenvalue weighted by atomic mass is 16.2. The molecule has 1 saturated carbocycles. The van der Waals surface area contributed by atoms with Gasteiger partial charge in [-0.2, -0.15) is 0 Å². The Labute approximate surface area is 122 Å². The minimum Gasteiger partial charge on any atom is -0.344 e. The zero-order valence-corrected chi connectivity index (χ0v) is 13.0. The molecule has 20 heavy (non-hydrogen) atoms. The highest BCUT2D eigenvalue weighted by molar-refractivity contribution is 5.82. The molecule has 2 aliphatic heterocycles. The molecule has 4 atom stereocenters. The van der Waals surface area contributed by atoms with E-state index in [0.717, 1.165) is 25.4 Å². The van der Waals surface area contributed by atoms with Crippen LogP contribution in [0, 0.1) is 11.8 Å². The van der Waals surface area contributed by atoms with Crippen molar-refractivity contribution in [3.8, 4) is 0 Å². The zero-order chi connectivity index (χ0) is 14.1. The molecular formula is C16H29N3O. The molecule has 3 rings (SSSR count). The van der Waals surface area contributed by atoms with Gasteiger partial charge in [0.15, 0.2) is 0 Å². The van der Waals surface area contributed by atoms with E-state index in [9.17, 15) is 4.79 Å². The lowest BCUT2D eigenvalue weighted by molar-refractivity contribution is -0.132. The number of nitrogens with one attached hydrogen (secondary N) is 1. The average Bonchev–Trinajstić information content (AvgIpc) is 3.03. The number of carbonyl (C=O) groups is 1. The largest absolute Gasteiger partial charge is 0.344 e. The first kappa shape index (κ1) is 14.3. The number of nitrogens with zero attached hydrogens (tertiary/aromatic N) is 2. The van der Waals surface area contributed by atoms with Crippen molar-refractivity contribution in [3.63, 3.8) is 0 Å². The van der Waals surface area contributed by atoms with Crippen LogP contribution in [0.4, 0.5) is 0 Å². The summed E-state index contributed by atoms with van der Waals surface area (Å²) in [5, 5.41) is 3.61. The van der Waals surface area contributed by atoms with Crippen LogP contribution in [-0.2, 0) is 4.79 Å². The van der Waals surface area contributed by atoms with Crippen LogP contribution in [0.1, 0.15) is 38.5 Å². The number of likely N-dealkylation sites (N-methyl/N-ethyl adjacent to an activating group) is 1. The quantitative estimate of drug-likeness (QED) is 0.846. The van der Waals surface area contributed by atoms with Gasteiger partial charge in [-0.15, -0.1) is 0 Å². The Morgan fingerprint density at radius 3 is 2.80 bits per heavy atom. The van der Waals surface area contributed by atoms with Gasteiger partial charge in [0.1, 0.15) is 0 Å². The topological polar surface area (TPSA) is 35.6 Å². The van der Waals surface area contributed by atoms with E-state index in [1.165, 1.54) is 38.6 Å². The minimum absolute atomic E-state index is 0.0900. The Kier molecular flexibility index (Phi) is 4.32. The molecule has 114 valence electrons. The molecule has 2 heterocycles. The van der Waals surface area contributed by atoms with E-state index in [-0.39, 0.29) is 6.04 Å². The second kappa shape index (κ2) is 6.02. The monoisotopic (exact) mass is 279 g/mol. The SMILES string of the molecule is CN1CCC(CN(C)C(=O)C2CC3CCCCC3N2)C1. The summed E-state index contributed by atoms with van der Waals surface area (Å²) in [6, 6.07) is 0.705. The van der Waals surface area contributed by atoms with Gasteiger partial charge in [0.2, 0.25) is 5.91 Å². The van der Waals surface area contributed by atoms with Gasteiger partial charge in [-0.3, -0.25) is 4.79 Å². The number of hydrogen-bond acceptors (Lipinski definition) is 3. The first-order valence-electron chi connectivity index (χ1n) is 8.33. The fourth-order valence-corrected chi connectivity index (χ4v) is 4.43. The second-order valence-corrected chi connectivity index (χ2v) is 7.24. The minimum atomic E-state index is 0.0900. The predicted octanol–water partition coefficient (Wildman–Crippen LogP) is 1.32. The third kappa shape index (κ3) is 3.01. The lowest BCUT2D eigenvalue weighted by Crippen LogP contribution is -2.45. The Hall–Kier alpha value is -0.610. The summed E-state index contributed by atoms with van der Waals surface area (Å²) in [6.45, 7) is 3.25. The van der Waals surface area contributed by atoms with Crippen molar-refractivity contribution in [2.45, 2.75) is 50.6 Å². The van der Waals surface area contributed by atoms with Gasteiger partial charge in [0.05, 0.1) is 6.04 Å². The molecule has 1 N–H and O–H groups in total. The molecule has 0 aromatic rings. The van der Waals surface area contributed by atoms with E-state index >= 15 is 0 Å². The molecule has 4 nitrogen and oxygen atoms in total. The van der Waals surface area contributed by atoms with Crippen LogP contribution >= 0.6 is 0 Å².